The highest BCUT2D eigenvalue weighted by Crippen LogP contribution is 2.24. The van der Waals surface area contributed by atoms with Crippen LogP contribution in [-0.4, -0.2) is 54.6 Å². The van der Waals surface area contributed by atoms with E-state index in [1.165, 1.54) is 11.8 Å². The second-order valence-corrected chi connectivity index (χ2v) is 7.26. The van der Waals surface area contributed by atoms with Crippen LogP contribution in [0.15, 0.2) is 53.6 Å². The number of benzene rings is 2. The van der Waals surface area contributed by atoms with Gasteiger partial charge in [-0.2, -0.15) is 5.10 Å². The third kappa shape index (κ3) is 6.04. The second-order valence-electron chi connectivity index (χ2n) is 6.47. The van der Waals surface area contributed by atoms with Crippen molar-refractivity contribution in [2.24, 2.45) is 5.10 Å². The molecule has 0 aromatic heterocycles. The SMILES string of the molecule is O=C(CN1CCN(Cc2ccccc2)CC1)N/N=C\c1cccc(Cl)c1Cl. The van der Waals surface area contributed by atoms with Crippen molar-refractivity contribution in [2.45, 2.75) is 6.54 Å². The van der Waals surface area contributed by atoms with Crippen molar-refractivity contribution in [3.63, 3.8) is 0 Å². The highest BCUT2D eigenvalue weighted by Gasteiger charge is 2.18. The Labute approximate surface area is 169 Å². The van der Waals surface area contributed by atoms with Gasteiger partial charge in [0.2, 0.25) is 0 Å². The third-order valence-corrected chi connectivity index (χ3v) is 5.29. The topological polar surface area (TPSA) is 47.9 Å². The number of hydrazone groups is 1. The van der Waals surface area contributed by atoms with Gasteiger partial charge in [-0.15, -0.1) is 0 Å². The summed E-state index contributed by atoms with van der Waals surface area (Å²) in [7, 11) is 0. The molecule has 0 unspecified atom stereocenters. The molecule has 27 heavy (non-hydrogen) atoms. The number of hydrogen-bond donors (Lipinski definition) is 1. The van der Waals surface area contributed by atoms with Gasteiger partial charge in [-0.3, -0.25) is 14.6 Å². The molecule has 142 valence electrons. The van der Waals surface area contributed by atoms with Gasteiger partial charge in [-0.05, 0) is 11.6 Å². The minimum Gasteiger partial charge on any atom is -0.297 e. The number of nitrogens with zero attached hydrogens (tertiary/aromatic N) is 3. The minimum absolute atomic E-state index is 0.138. The maximum absolute atomic E-state index is 12.1. The molecule has 1 N–H and O–H groups in total. The summed E-state index contributed by atoms with van der Waals surface area (Å²) >= 11 is 12.0. The Morgan fingerprint density at radius 2 is 1.70 bits per heavy atom. The molecule has 1 aliphatic rings. The molecule has 1 aliphatic heterocycles. The molecule has 0 atom stereocenters. The Bertz CT molecular complexity index is 790. The standard InChI is InChI=1S/C20H22Cl2N4O/c21-18-8-4-7-17(20(18)22)13-23-24-19(27)15-26-11-9-25(10-12-26)14-16-5-2-1-3-6-16/h1-8,13H,9-12,14-15H2,(H,24,27)/b23-13-. The number of rotatable bonds is 6. The molecule has 7 heteroatoms. The summed E-state index contributed by atoms with van der Waals surface area (Å²) in [5.74, 6) is -0.138. The van der Waals surface area contributed by atoms with Crippen LogP contribution < -0.4 is 5.43 Å². The predicted octanol–water partition coefficient (Wildman–Crippen LogP) is 3.26. The zero-order valence-electron chi connectivity index (χ0n) is 14.9. The zero-order valence-corrected chi connectivity index (χ0v) is 16.5. The molecule has 0 saturated carbocycles. The van der Waals surface area contributed by atoms with Crippen molar-refractivity contribution in [3.05, 3.63) is 69.7 Å². The van der Waals surface area contributed by atoms with E-state index in [0.29, 0.717) is 22.2 Å². The van der Waals surface area contributed by atoms with E-state index in [9.17, 15) is 4.79 Å². The minimum atomic E-state index is -0.138. The number of piperazine rings is 1. The molecule has 3 rings (SSSR count). The first-order valence-corrected chi connectivity index (χ1v) is 9.62. The first kappa shape index (κ1) is 19.8. The molecule has 0 radical (unpaired) electrons. The van der Waals surface area contributed by atoms with Crippen LogP contribution in [-0.2, 0) is 11.3 Å². The van der Waals surface area contributed by atoms with E-state index in [-0.39, 0.29) is 5.91 Å². The van der Waals surface area contributed by atoms with Crippen molar-refractivity contribution in [1.29, 1.82) is 0 Å². The van der Waals surface area contributed by atoms with E-state index in [1.54, 1.807) is 18.2 Å². The number of halogens is 2. The molecule has 2 aromatic rings. The maximum atomic E-state index is 12.1. The second kappa shape index (κ2) is 9.85. The molecule has 0 aliphatic carbocycles. The van der Waals surface area contributed by atoms with Gasteiger partial charge >= 0.3 is 0 Å². The van der Waals surface area contributed by atoms with Crippen molar-refractivity contribution >= 4 is 35.3 Å². The number of amides is 1. The molecule has 2 aromatic carbocycles. The summed E-state index contributed by atoms with van der Waals surface area (Å²) in [6.07, 6.45) is 1.50. The fraction of sp³-hybridized carbons (Fsp3) is 0.300. The Balaban J connectivity index is 1.40. The summed E-state index contributed by atoms with van der Waals surface area (Å²) in [4.78, 5) is 16.6. The molecule has 1 saturated heterocycles. The van der Waals surface area contributed by atoms with Gasteiger partial charge in [-0.1, -0.05) is 65.7 Å². The fourth-order valence-electron chi connectivity index (χ4n) is 2.98. The molecule has 1 fully saturated rings. The van der Waals surface area contributed by atoms with Gasteiger partial charge in [0, 0.05) is 38.3 Å². The lowest BCUT2D eigenvalue weighted by Gasteiger charge is -2.34. The monoisotopic (exact) mass is 404 g/mol. The first-order chi connectivity index (χ1) is 13.1. The van der Waals surface area contributed by atoms with E-state index in [0.717, 1.165) is 32.7 Å². The van der Waals surface area contributed by atoms with E-state index in [1.807, 2.05) is 6.07 Å². The molecule has 5 nitrogen and oxygen atoms in total. The summed E-state index contributed by atoms with van der Waals surface area (Å²) in [6, 6.07) is 15.7. The molecule has 1 heterocycles. The van der Waals surface area contributed by atoms with Crippen LogP contribution in [0, 0.1) is 0 Å². The summed E-state index contributed by atoms with van der Waals surface area (Å²) in [5.41, 5.74) is 4.53. The van der Waals surface area contributed by atoms with Crippen LogP contribution in [0.25, 0.3) is 0 Å². The number of hydrogen-bond acceptors (Lipinski definition) is 4. The smallest absolute Gasteiger partial charge is 0.254 e. The van der Waals surface area contributed by atoms with Crippen molar-refractivity contribution < 1.29 is 4.79 Å². The highest BCUT2D eigenvalue weighted by molar-refractivity contribution is 6.43. The quantitative estimate of drug-likeness (QED) is 0.593. The molecular weight excluding hydrogens is 383 g/mol. The number of carbonyl (C=O) groups excluding carboxylic acids is 1. The van der Waals surface area contributed by atoms with Gasteiger partial charge in [0.1, 0.15) is 0 Å². The van der Waals surface area contributed by atoms with Gasteiger partial charge in [0.25, 0.3) is 5.91 Å². The van der Waals surface area contributed by atoms with Crippen LogP contribution in [0.4, 0.5) is 0 Å². The average molecular weight is 405 g/mol. The van der Waals surface area contributed by atoms with E-state index in [2.05, 4.69) is 44.6 Å². The molecule has 0 bridgehead atoms. The van der Waals surface area contributed by atoms with Crippen LogP contribution in [0.5, 0.6) is 0 Å². The van der Waals surface area contributed by atoms with Crippen LogP contribution >= 0.6 is 23.2 Å². The van der Waals surface area contributed by atoms with Gasteiger partial charge in [0.15, 0.2) is 0 Å². The summed E-state index contributed by atoms with van der Waals surface area (Å²) in [6.45, 7) is 4.91. The average Bonchev–Trinajstić information content (AvgIpc) is 2.67. The zero-order chi connectivity index (χ0) is 19.1. The Kier molecular flexibility index (Phi) is 7.24. The van der Waals surface area contributed by atoms with Crippen LogP contribution in [0.2, 0.25) is 10.0 Å². The van der Waals surface area contributed by atoms with Gasteiger partial charge in [0.05, 0.1) is 22.8 Å². The Morgan fingerprint density at radius 1 is 1.00 bits per heavy atom. The van der Waals surface area contributed by atoms with Gasteiger partial charge < -0.3 is 0 Å². The summed E-state index contributed by atoms with van der Waals surface area (Å²) in [5, 5.41) is 4.86. The lowest BCUT2D eigenvalue weighted by atomic mass is 10.2. The fourth-order valence-corrected chi connectivity index (χ4v) is 3.34. The lowest BCUT2D eigenvalue weighted by molar-refractivity contribution is -0.122. The van der Waals surface area contributed by atoms with Crippen LogP contribution in [0.1, 0.15) is 11.1 Å². The third-order valence-electron chi connectivity index (χ3n) is 4.46. The molecular formula is C20H22Cl2N4O. The van der Waals surface area contributed by atoms with E-state index in [4.69, 9.17) is 23.2 Å². The van der Waals surface area contributed by atoms with Crippen molar-refractivity contribution in [2.75, 3.05) is 32.7 Å². The number of carbonyl (C=O) groups is 1. The normalized spacial score (nSPS) is 15.9. The Hall–Kier alpha value is -1.92. The highest BCUT2D eigenvalue weighted by atomic mass is 35.5. The van der Waals surface area contributed by atoms with E-state index < -0.39 is 0 Å². The van der Waals surface area contributed by atoms with Crippen molar-refractivity contribution in [3.8, 4) is 0 Å². The lowest BCUT2D eigenvalue weighted by Crippen LogP contribution is -2.48. The maximum Gasteiger partial charge on any atom is 0.254 e. The van der Waals surface area contributed by atoms with Crippen LogP contribution in [0.3, 0.4) is 0 Å². The van der Waals surface area contributed by atoms with E-state index >= 15 is 0 Å². The van der Waals surface area contributed by atoms with Crippen molar-refractivity contribution in [1.82, 2.24) is 15.2 Å². The summed E-state index contributed by atoms with van der Waals surface area (Å²) < 4.78 is 0. The first-order valence-electron chi connectivity index (χ1n) is 8.86. The molecule has 1 amide bonds. The predicted molar refractivity (Wildman–Crippen MR) is 110 cm³/mol. The number of nitrogens with one attached hydrogen (secondary N) is 1. The van der Waals surface area contributed by atoms with Gasteiger partial charge in [-0.25, -0.2) is 5.43 Å². The molecule has 0 spiro atoms. The Morgan fingerprint density at radius 3 is 2.44 bits per heavy atom. The largest absolute Gasteiger partial charge is 0.297 e.